The molecule has 0 aliphatic carbocycles. The Kier molecular flexibility index (Phi) is 4.75. The molecule has 0 saturated heterocycles. The number of carbonyl (C=O) groups is 1. The van der Waals surface area contributed by atoms with Gasteiger partial charge in [-0.2, -0.15) is 0 Å². The van der Waals surface area contributed by atoms with Crippen molar-refractivity contribution >= 4 is 16.7 Å². The summed E-state index contributed by atoms with van der Waals surface area (Å²) in [6, 6.07) is 7.36. The molecule has 118 valence electrons. The molecule has 1 N–H and O–H groups in total. The van der Waals surface area contributed by atoms with E-state index in [1.165, 1.54) is 0 Å². The first-order valence-electron chi connectivity index (χ1n) is 7.05. The van der Waals surface area contributed by atoms with E-state index in [4.69, 9.17) is 14.2 Å². The molecular formula is C17H21NO4. The summed E-state index contributed by atoms with van der Waals surface area (Å²) < 4.78 is 16.2. The molecule has 2 aromatic carbocycles. The lowest BCUT2D eigenvalue weighted by Crippen LogP contribution is -2.29. The number of rotatable bonds is 5. The van der Waals surface area contributed by atoms with Crippen molar-refractivity contribution in [1.29, 1.82) is 0 Å². The molecule has 0 saturated carbocycles. The van der Waals surface area contributed by atoms with Crippen LogP contribution < -0.4 is 19.5 Å². The minimum atomic E-state index is -0.106. The molecule has 0 aliphatic rings. The van der Waals surface area contributed by atoms with E-state index in [0.717, 1.165) is 10.8 Å². The summed E-state index contributed by atoms with van der Waals surface area (Å²) in [5.74, 6) is 1.59. The average Bonchev–Trinajstić information content (AvgIpc) is 2.51. The number of carbonyl (C=O) groups excluding carboxylic acids is 1. The van der Waals surface area contributed by atoms with Crippen molar-refractivity contribution in [2.75, 3.05) is 21.3 Å². The van der Waals surface area contributed by atoms with Crippen LogP contribution in [0.2, 0.25) is 0 Å². The first-order chi connectivity index (χ1) is 10.5. The monoisotopic (exact) mass is 303 g/mol. The van der Waals surface area contributed by atoms with Crippen LogP contribution in [0.25, 0.3) is 10.8 Å². The Labute approximate surface area is 130 Å². The number of hydrogen-bond donors (Lipinski definition) is 1. The smallest absolute Gasteiger partial charge is 0.251 e. The number of hydrogen-bond acceptors (Lipinski definition) is 4. The molecule has 1 amide bonds. The predicted octanol–water partition coefficient (Wildman–Crippen LogP) is 3.00. The van der Waals surface area contributed by atoms with Crippen molar-refractivity contribution in [3.05, 3.63) is 29.8 Å². The summed E-state index contributed by atoms with van der Waals surface area (Å²) >= 11 is 0. The van der Waals surface area contributed by atoms with E-state index in [2.05, 4.69) is 5.32 Å². The Morgan fingerprint density at radius 2 is 1.68 bits per heavy atom. The van der Waals surface area contributed by atoms with Gasteiger partial charge in [0.05, 0.1) is 21.3 Å². The lowest BCUT2D eigenvalue weighted by atomic mass is 10.0. The number of ether oxygens (including phenoxy) is 3. The highest BCUT2D eigenvalue weighted by atomic mass is 16.5. The van der Waals surface area contributed by atoms with Crippen LogP contribution >= 0.6 is 0 Å². The second-order valence-corrected chi connectivity index (χ2v) is 5.21. The normalized spacial score (nSPS) is 10.6. The van der Waals surface area contributed by atoms with Gasteiger partial charge >= 0.3 is 0 Å². The lowest BCUT2D eigenvalue weighted by molar-refractivity contribution is 0.0943. The largest absolute Gasteiger partial charge is 0.493 e. The minimum absolute atomic E-state index is 0.0862. The molecule has 22 heavy (non-hydrogen) atoms. The molecular weight excluding hydrogens is 282 g/mol. The predicted molar refractivity (Wildman–Crippen MR) is 86.2 cm³/mol. The molecule has 0 unspecified atom stereocenters. The molecule has 0 aliphatic heterocycles. The van der Waals surface area contributed by atoms with Gasteiger partial charge in [-0.1, -0.05) is 0 Å². The van der Waals surface area contributed by atoms with Crippen molar-refractivity contribution in [3.8, 4) is 17.2 Å². The summed E-state index contributed by atoms with van der Waals surface area (Å²) in [6.07, 6.45) is 0. The van der Waals surface area contributed by atoms with Gasteiger partial charge in [0.25, 0.3) is 5.91 Å². The van der Waals surface area contributed by atoms with Crippen molar-refractivity contribution in [1.82, 2.24) is 5.32 Å². The quantitative estimate of drug-likeness (QED) is 0.922. The molecule has 0 heterocycles. The first-order valence-corrected chi connectivity index (χ1v) is 7.05. The summed E-state index contributed by atoms with van der Waals surface area (Å²) in [5, 5.41) is 4.59. The van der Waals surface area contributed by atoms with Crippen LogP contribution in [0.4, 0.5) is 0 Å². The van der Waals surface area contributed by atoms with Gasteiger partial charge in [-0.25, -0.2) is 0 Å². The van der Waals surface area contributed by atoms with Crippen molar-refractivity contribution < 1.29 is 19.0 Å². The fourth-order valence-electron chi connectivity index (χ4n) is 2.36. The highest BCUT2D eigenvalue weighted by Crippen LogP contribution is 2.43. The topological polar surface area (TPSA) is 56.8 Å². The number of benzene rings is 2. The Hall–Kier alpha value is -2.43. The van der Waals surface area contributed by atoms with Gasteiger partial charge < -0.3 is 19.5 Å². The lowest BCUT2D eigenvalue weighted by Gasteiger charge is -2.15. The van der Waals surface area contributed by atoms with Crippen LogP contribution in [-0.4, -0.2) is 33.3 Å². The maximum absolute atomic E-state index is 12.1. The van der Waals surface area contributed by atoms with E-state index in [1.54, 1.807) is 27.4 Å². The van der Waals surface area contributed by atoms with Crippen LogP contribution in [0.15, 0.2) is 24.3 Å². The molecule has 0 fully saturated rings. The Morgan fingerprint density at radius 3 is 2.23 bits per heavy atom. The van der Waals surface area contributed by atoms with Crippen molar-refractivity contribution in [2.45, 2.75) is 19.9 Å². The molecule has 5 nitrogen and oxygen atoms in total. The van der Waals surface area contributed by atoms with Gasteiger partial charge in [-0.15, -0.1) is 0 Å². The van der Waals surface area contributed by atoms with E-state index in [9.17, 15) is 4.79 Å². The maximum Gasteiger partial charge on any atom is 0.251 e. The van der Waals surface area contributed by atoms with E-state index in [0.29, 0.717) is 22.8 Å². The van der Waals surface area contributed by atoms with Crippen LogP contribution in [0.1, 0.15) is 24.2 Å². The molecule has 0 aromatic heterocycles. The zero-order valence-electron chi connectivity index (χ0n) is 13.5. The third kappa shape index (κ3) is 2.93. The van der Waals surface area contributed by atoms with Gasteiger partial charge in [0.1, 0.15) is 0 Å². The van der Waals surface area contributed by atoms with Gasteiger partial charge in [-0.05, 0) is 43.5 Å². The van der Waals surface area contributed by atoms with Crippen molar-refractivity contribution in [3.63, 3.8) is 0 Å². The molecule has 0 radical (unpaired) electrons. The molecule has 2 aromatic rings. The van der Waals surface area contributed by atoms with Gasteiger partial charge in [-0.3, -0.25) is 4.79 Å². The fourth-order valence-corrected chi connectivity index (χ4v) is 2.36. The minimum Gasteiger partial charge on any atom is -0.493 e. The second-order valence-electron chi connectivity index (χ2n) is 5.21. The highest BCUT2D eigenvalue weighted by molar-refractivity contribution is 6.01. The zero-order chi connectivity index (χ0) is 16.3. The number of fused-ring (bicyclic) bond motifs is 1. The summed E-state index contributed by atoms with van der Waals surface area (Å²) in [6.45, 7) is 3.85. The highest BCUT2D eigenvalue weighted by Gasteiger charge is 2.17. The standard InChI is InChI=1S/C17H21NO4/c1-10(2)18-17(19)11-6-7-13-12(8-11)9-14(20-3)16(22-5)15(13)21-4/h6-10H,1-5H3,(H,18,19). The average molecular weight is 303 g/mol. The summed E-state index contributed by atoms with van der Waals surface area (Å²) in [4.78, 5) is 12.1. The van der Waals surface area contributed by atoms with Crippen molar-refractivity contribution in [2.24, 2.45) is 0 Å². The second kappa shape index (κ2) is 6.56. The van der Waals surface area contributed by atoms with Crippen LogP contribution in [-0.2, 0) is 0 Å². The third-order valence-electron chi connectivity index (χ3n) is 3.32. The molecule has 0 atom stereocenters. The van der Waals surface area contributed by atoms with Crippen LogP contribution in [0, 0.1) is 0 Å². The Balaban J connectivity index is 2.60. The molecule has 2 rings (SSSR count). The van der Waals surface area contributed by atoms with E-state index in [1.807, 2.05) is 32.0 Å². The van der Waals surface area contributed by atoms with Crippen LogP contribution in [0.5, 0.6) is 17.2 Å². The van der Waals surface area contributed by atoms with Gasteiger partial charge in [0.15, 0.2) is 11.5 Å². The van der Waals surface area contributed by atoms with Crippen LogP contribution in [0.3, 0.4) is 0 Å². The summed E-state index contributed by atoms with van der Waals surface area (Å²) in [7, 11) is 4.71. The van der Waals surface area contributed by atoms with Gasteiger partial charge in [0, 0.05) is 17.0 Å². The first kappa shape index (κ1) is 15.9. The van der Waals surface area contributed by atoms with E-state index in [-0.39, 0.29) is 11.9 Å². The third-order valence-corrected chi connectivity index (χ3v) is 3.32. The zero-order valence-corrected chi connectivity index (χ0v) is 13.5. The Bertz CT molecular complexity index is 695. The number of methoxy groups -OCH3 is 3. The number of nitrogens with one attached hydrogen (secondary N) is 1. The number of amides is 1. The van der Waals surface area contributed by atoms with Gasteiger partial charge in [0.2, 0.25) is 5.75 Å². The molecule has 5 heteroatoms. The van der Waals surface area contributed by atoms with E-state index >= 15 is 0 Å². The molecule has 0 bridgehead atoms. The summed E-state index contributed by atoms with van der Waals surface area (Å²) in [5.41, 5.74) is 0.593. The Morgan fingerprint density at radius 1 is 1.00 bits per heavy atom. The van der Waals surface area contributed by atoms with E-state index < -0.39 is 0 Å². The fraction of sp³-hybridized carbons (Fsp3) is 0.353. The maximum atomic E-state index is 12.1. The SMILES string of the molecule is COc1cc2cc(C(=O)NC(C)C)ccc2c(OC)c1OC. The molecule has 0 spiro atoms.